The Hall–Kier alpha value is -1.26. The second kappa shape index (κ2) is 4.55. The van der Waals surface area contributed by atoms with Gasteiger partial charge in [0.1, 0.15) is 11.5 Å². The van der Waals surface area contributed by atoms with Crippen molar-refractivity contribution >= 4 is 0 Å². The molecule has 4 nitrogen and oxygen atoms in total. The van der Waals surface area contributed by atoms with Crippen molar-refractivity contribution < 1.29 is 19.7 Å². The Morgan fingerprint density at radius 2 is 1.41 bits per heavy atom. The number of fused-ring (bicyclic) bond motifs is 1. The minimum Gasteiger partial charge on any atom is -0.496 e. The quantitative estimate of drug-likeness (QED) is 0.813. The van der Waals surface area contributed by atoms with Gasteiger partial charge in [-0.05, 0) is 25.0 Å². The average molecular weight is 238 g/mol. The van der Waals surface area contributed by atoms with Crippen molar-refractivity contribution in [2.45, 2.75) is 12.8 Å². The Labute approximate surface area is 101 Å². The van der Waals surface area contributed by atoms with E-state index in [9.17, 15) is 10.2 Å². The van der Waals surface area contributed by atoms with Crippen LogP contribution in [-0.2, 0) is 12.8 Å². The zero-order valence-electron chi connectivity index (χ0n) is 10.2. The highest BCUT2D eigenvalue weighted by molar-refractivity contribution is 5.52. The number of ether oxygens (including phenoxy) is 2. The zero-order valence-corrected chi connectivity index (χ0v) is 10.2. The highest BCUT2D eigenvalue weighted by Crippen LogP contribution is 2.44. The lowest BCUT2D eigenvalue weighted by Crippen LogP contribution is -2.30. The largest absolute Gasteiger partial charge is 0.496 e. The number of rotatable bonds is 4. The molecule has 1 aliphatic rings. The molecule has 0 atom stereocenters. The third kappa shape index (κ3) is 1.87. The first kappa shape index (κ1) is 12.2. The molecule has 0 amide bonds. The maximum absolute atomic E-state index is 9.47. The molecule has 0 bridgehead atoms. The Kier molecular flexibility index (Phi) is 3.26. The lowest BCUT2D eigenvalue weighted by Gasteiger charge is -2.23. The summed E-state index contributed by atoms with van der Waals surface area (Å²) in [6, 6.07) is 3.73. The van der Waals surface area contributed by atoms with Crippen LogP contribution >= 0.6 is 0 Å². The molecule has 1 aromatic carbocycles. The van der Waals surface area contributed by atoms with Gasteiger partial charge < -0.3 is 19.7 Å². The minimum absolute atomic E-state index is 0.0372. The van der Waals surface area contributed by atoms with Crippen LogP contribution in [0.3, 0.4) is 0 Å². The van der Waals surface area contributed by atoms with Gasteiger partial charge in [-0.3, -0.25) is 0 Å². The van der Waals surface area contributed by atoms with Gasteiger partial charge in [0.2, 0.25) is 0 Å². The number of benzene rings is 1. The van der Waals surface area contributed by atoms with Crippen LogP contribution in [0.1, 0.15) is 11.1 Å². The molecular weight excluding hydrogens is 220 g/mol. The number of hydrogen-bond donors (Lipinski definition) is 2. The molecule has 2 rings (SSSR count). The van der Waals surface area contributed by atoms with Crippen LogP contribution in [0.4, 0.5) is 0 Å². The van der Waals surface area contributed by atoms with Crippen molar-refractivity contribution in [3.8, 4) is 11.5 Å². The molecule has 1 aromatic rings. The summed E-state index contributed by atoms with van der Waals surface area (Å²) in [6.07, 6.45) is 1.24. The highest BCUT2D eigenvalue weighted by atomic mass is 16.5. The molecule has 0 spiro atoms. The van der Waals surface area contributed by atoms with E-state index in [1.807, 2.05) is 12.1 Å². The van der Waals surface area contributed by atoms with Crippen molar-refractivity contribution in [1.29, 1.82) is 0 Å². The topological polar surface area (TPSA) is 58.9 Å². The molecule has 0 unspecified atom stereocenters. The molecule has 0 radical (unpaired) electrons. The SMILES string of the molecule is COc1ccc(OC)c2c1CC(CO)(CO)C2. The van der Waals surface area contributed by atoms with E-state index >= 15 is 0 Å². The summed E-state index contributed by atoms with van der Waals surface area (Å²) >= 11 is 0. The summed E-state index contributed by atoms with van der Waals surface area (Å²) in [7, 11) is 3.25. The summed E-state index contributed by atoms with van der Waals surface area (Å²) in [4.78, 5) is 0. The van der Waals surface area contributed by atoms with Gasteiger partial charge in [0.25, 0.3) is 0 Å². The molecule has 0 fully saturated rings. The van der Waals surface area contributed by atoms with E-state index in [4.69, 9.17) is 9.47 Å². The van der Waals surface area contributed by atoms with Crippen molar-refractivity contribution in [2.75, 3.05) is 27.4 Å². The number of aliphatic hydroxyl groups is 2. The van der Waals surface area contributed by atoms with Crippen LogP contribution in [0.15, 0.2) is 12.1 Å². The summed E-state index contributed by atoms with van der Waals surface area (Å²) < 4.78 is 10.6. The first-order valence-electron chi connectivity index (χ1n) is 5.64. The van der Waals surface area contributed by atoms with E-state index in [1.165, 1.54) is 0 Å². The van der Waals surface area contributed by atoms with Gasteiger partial charge >= 0.3 is 0 Å². The Bertz CT molecular complexity index is 375. The van der Waals surface area contributed by atoms with Gasteiger partial charge in [-0.2, -0.15) is 0 Å². The second-order valence-corrected chi connectivity index (χ2v) is 4.60. The van der Waals surface area contributed by atoms with E-state index in [-0.39, 0.29) is 13.2 Å². The number of hydrogen-bond acceptors (Lipinski definition) is 4. The van der Waals surface area contributed by atoms with Crippen LogP contribution in [-0.4, -0.2) is 37.6 Å². The lowest BCUT2D eigenvalue weighted by molar-refractivity contribution is 0.0629. The molecule has 1 aliphatic carbocycles. The third-order valence-electron chi connectivity index (χ3n) is 3.56. The predicted octanol–water partition coefficient (Wildman–Crippen LogP) is 0.773. The standard InChI is InChI=1S/C13H18O4/c1-16-11-3-4-12(17-2)10-6-13(7-14,8-15)5-9(10)11/h3-4,14-15H,5-8H2,1-2H3. The van der Waals surface area contributed by atoms with Crippen LogP contribution < -0.4 is 9.47 Å². The summed E-state index contributed by atoms with van der Waals surface area (Å²) in [5, 5.41) is 18.9. The minimum atomic E-state index is -0.482. The van der Waals surface area contributed by atoms with Crippen molar-refractivity contribution in [2.24, 2.45) is 5.41 Å². The Morgan fingerprint density at radius 1 is 1.00 bits per heavy atom. The maximum Gasteiger partial charge on any atom is 0.122 e. The van der Waals surface area contributed by atoms with Crippen LogP contribution in [0, 0.1) is 5.41 Å². The van der Waals surface area contributed by atoms with E-state index in [0.29, 0.717) is 12.8 Å². The van der Waals surface area contributed by atoms with Gasteiger partial charge in [-0.25, -0.2) is 0 Å². The molecule has 0 aromatic heterocycles. The fourth-order valence-electron chi connectivity index (χ4n) is 2.51. The molecule has 0 aliphatic heterocycles. The smallest absolute Gasteiger partial charge is 0.122 e. The normalized spacial score (nSPS) is 16.7. The molecule has 94 valence electrons. The zero-order chi connectivity index (χ0) is 12.5. The van der Waals surface area contributed by atoms with Crippen molar-refractivity contribution in [3.05, 3.63) is 23.3 Å². The third-order valence-corrected chi connectivity index (χ3v) is 3.56. The molecule has 0 saturated carbocycles. The van der Waals surface area contributed by atoms with Crippen molar-refractivity contribution in [3.63, 3.8) is 0 Å². The molecule has 0 heterocycles. The Morgan fingerprint density at radius 3 is 1.71 bits per heavy atom. The summed E-state index contributed by atoms with van der Waals surface area (Å²) in [5.41, 5.74) is 1.59. The van der Waals surface area contributed by atoms with Gasteiger partial charge in [0.05, 0.1) is 27.4 Å². The summed E-state index contributed by atoms with van der Waals surface area (Å²) in [5.74, 6) is 1.59. The van der Waals surface area contributed by atoms with E-state index in [0.717, 1.165) is 22.6 Å². The van der Waals surface area contributed by atoms with Crippen molar-refractivity contribution in [1.82, 2.24) is 0 Å². The molecular formula is C13H18O4. The highest BCUT2D eigenvalue weighted by Gasteiger charge is 2.39. The first-order valence-corrected chi connectivity index (χ1v) is 5.64. The molecule has 2 N–H and O–H groups in total. The van der Waals surface area contributed by atoms with Crippen LogP contribution in [0.2, 0.25) is 0 Å². The van der Waals surface area contributed by atoms with E-state index < -0.39 is 5.41 Å². The molecule has 4 heteroatoms. The van der Waals surface area contributed by atoms with Crippen LogP contribution in [0.5, 0.6) is 11.5 Å². The second-order valence-electron chi connectivity index (χ2n) is 4.60. The monoisotopic (exact) mass is 238 g/mol. The van der Waals surface area contributed by atoms with Crippen LogP contribution in [0.25, 0.3) is 0 Å². The Balaban J connectivity index is 2.47. The molecule has 17 heavy (non-hydrogen) atoms. The predicted molar refractivity (Wildman–Crippen MR) is 63.6 cm³/mol. The van der Waals surface area contributed by atoms with Gasteiger partial charge in [-0.15, -0.1) is 0 Å². The number of methoxy groups -OCH3 is 2. The van der Waals surface area contributed by atoms with E-state index in [1.54, 1.807) is 14.2 Å². The van der Waals surface area contributed by atoms with E-state index in [2.05, 4.69) is 0 Å². The van der Waals surface area contributed by atoms with Gasteiger partial charge in [0.15, 0.2) is 0 Å². The maximum atomic E-state index is 9.47. The fourth-order valence-corrected chi connectivity index (χ4v) is 2.51. The molecule has 0 saturated heterocycles. The average Bonchev–Trinajstić information content (AvgIpc) is 2.78. The number of aliphatic hydroxyl groups excluding tert-OH is 2. The van der Waals surface area contributed by atoms with Gasteiger partial charge in [-0.1, -0.05) is 0 Å². The first-order chi connectivity index (χ1) is 8.19. The van der Waals surface area contributed by atoms with Gasteiger partial charge in [0, 0.05) is 16.5 Å². The summed E-state index contributed by atoms with van der Waals surface area (Å²) in [6.45, 7) is -0.0744. The fraction of sp³-hybridized carbons (Fsp3) is 0.538. The lowest BCUT2D eigenvalue weighted by atomic mass is 9.87.